The lowest BCUT2D eigenvalue weighted by atomic mass is 9.95. The van der Waals surface area contributed by atoms with Crippen LogP contribution >= 0.6 is 0 Å². The summed E-state index contributed by atoms with van der Waals surface area (Å²) in [6, 6.07) is 13.0. The van der Waals surface area contributed by atoms with Crippen LogP contribution in [0.2, 0.25) is 0 Å². The van der Waals surface area contributed by atoms with E-state index in [1.54, 1.807) is 36.4 Å². The van der Waals surface area contributed by atoms with Gasteiger partial charge in [-0.2, -0.15) is 0 Å². The predicted octanol–water partition coefficient (Wildman–Crippen LogP) is 3.22. The molecule has 0 saturated heterocycles. The number of aliphatic hydroxyl groups is 1. The Bertz CT molecular complexity index is 667. The van der Waals surface area contributed by atoms with E-state index in [0.29, 0.717) is 5.56 Å². The van der Waals surface area contributed by atoms with E-state index in [0.717, 1.165) is 11.1 Å². The molecule has 0 spiro atoms. The molecular formula is C16H15NO4. The quantitative estimate of drug-likeness (QED) is 0.531. The monoisotopic (exact) mass is 285 g/mol. The van der Waals surface area contributed by atoms with Crippen molar-refractivity contribution in [2.75, 3.05) is 0 Å². The van der Waals surface area contributed by atoms with Gasteiger partial charge in [0, 0.05) is 17.7 Å². The Morgan fingerprint density at radius 3 is 1.81 bits per heavy atom. The maximum absolute atomic E-state index is 11.9. The lowest BCUT2D eigenvalue weighted by molar-refractivity contribution is -0.384. The molecule has 0 amide bonds. The molecule has 108 valence electrons. The number of nitro groups is 1. The molecule has 2 rings (SSSR count). The maximum Gasteiger partial charge on any atom is 0.269 e. The molecule has 2 aromatic carbocycles. The second kappa shape index (κ2) is 5.46. The fourth-order valence-electron chi connectivity index (χ4n) is 1.94. The van der Waals surface area contributed by atoms with Crippen LogP contribution in [-0.4, -0.2) is 21.4 Å². The molecule has 0 aromatic heterocycles. The van der Waals surface area contributed by atoms with E-state index in [-0.39, 0.29) is 11.5 Å². The van der Waals surface area contributed by atoms with E-state index < -0.39 is 10.5 Å². The summed E-state index contributed by atoms with van der Waals surface area (Å²) in [6.45, 7) is 2.89. The van der Waals surface area contributed by atoms with Crippen LogP contribution in [0.4, 0.5) is 5.69 Å². The van der Waals surface area contributed by atoms with Crippen molar-refractivity contribution in [2.24, 2.45) is 0 Å². The summed E-state index contributed by atoms with van der Waals surface area (Å²) >= 11 is 0. The van der Waals surface area contributed by atoms with Crippen LogP contribution in [0.5, 0.6) is 0 Å². The molecule has 0 aliphatic rings. The largest absolute Gasteiger partial charge is 0.382 e. The number of ketones is 1. The molecule has 1 N–H and O–H groups in total. The highest BCUT2D eigenvalue weighted by molar-refractivity contribution is 6.02. The first-order valence-electron chi connectivity index (χ1n) is 6.41. The van der Waals surface area contributed by atoms with Gasteiger partial charge >= 0.3 is 0 Å². The molecule has 0 unspecified atom stereocenters. The van der Waals surface area contributed by atoms with Crippen LogP contribution in [0, 0.1) is 10.1 Å². The van der Waals surface area contributed by atoms with Crippen LogP contribution in [0.3, 0.4) is 0 Å². The number of hydrogen-bond acceptors (Lipinski definition) is 4. The van der Waals surface area contributed by atoms with Gasteiger partial charge in [0.25, 0.3) is 5.69 Å². The Balaban J connectivity index is 2.27. The zero-order chi connectivity index (χ0) is 15.6. The van der Waals surface area contributed by atoms with E-state index in [9.17, 15) is 20.0 Å². The number of carbonyl (C=O) groups is 1. The molecule has 0 heterocycles. The molecule has 0 aliphatic carbocycles. The number of hydrogen-bond donors (Lipinski definition) is 1. The van der Waals surface area contributed by atoms with Crippen molar-refractivity contribution in [2.45, 2.75) is 19.4 Å². The van der Waals surface area contributed by atoms with E-state index in [1.165, 1.54) is 26.0 Å². The molecular weight excluding hydrogens is 270 g/mol. The van der Waals surface area contributed by atoms with Gasteiger partial charge in [0.15, 0.2) is 5.78 Å². The number of benzene rings is 2. The third-order valence-corrected chi connectivity index (χ3v) is 3.11. The van der Waals surface area contributed by atoms with Gasteiger partial charge in [-0.25, -0.2) is 0 Å². The van der Waals surface area contributed by atoms with Crippen molar-refractivity contribution >= 4 is 11.5 Å². The lowest BCUT2D eigenvalue weighted by Crippen LogP contribution is -2.30. The highest BCUT2D eigenvalue weighted by Crippen LogP contribution is 2.23. The fourth-order valence-corrected chi connectivity index (χ4v) is 1.94. The van der Waals surface area contributed by atoms with Gasteiger partial charge in [-0.15, -0.1) is 0 Å². The van der Waals surface area contributed by atoms with Crippen molar-refractivity contribution < 1.29 is 14.8 Å². The second-order valence-electron chi connectivity index (χ2n) is 5.27. The summed E-state index contributed by atoms with van der Waals surface area (Å²) in [6.07, 6.45) is 0. The number of nitro benzene ring substituents is 1. The van der Waals surface area contributed by atoms with Gasteiger partial charge in [0.1, 0.15) is 5.60 Å². The van der Waals surface area contributed by atoms with Gasteiger partial charge in [-0.05, 0) is 37.1 Å². The van der Waals surface area contributed by atoms with Crippen molar-refractivity contribution in [3.8, 4) is 11.1 Å². The van der Waals surface area contributed by atoms with E-state index in [2.05, 4.69) is 0 Å². The highest BCUT2D eigenvalue weighted by atomic mass is 16.6. The standard InChI is InChI=1S/C16H15NO4/c1-16(2,19)15(18)13-5-3-11(4-6-13)12-7-9-14(10-8-12)17(20)21/h3-10,19H,1-2H3. The van der Waals surface area contributed by atoms with Crippen molar-refractivity contribution in [1.82, 2.24) is 0 Å². The summed E-state index contributed by atoms with van der Waals surface area (Å²) in [5.74, 6) is -0.349. The Morgan fingerprint density at radius 2 is 1.43 bits per heavy atom. The third-order valence-electron chi connectivity index (χ3n) is 3.11. The maximum atomic E-state index is 11.9. The van der Waals surface area contributed by atoms with Crippen LogP contribution < -0.4 is 0 Å². The molecule has 0 aliphatic heterocycles. The molecule has 0 saturated carbocycles. The predicted molar refractivity (Wildman–Crippen MR) is 79.2 cm³/mol. The molecule has 0 radical (unpaired) electrons. The normalized spacial score (nSPS) is 11.2. The summed E-state index contributed by atoms with van der Waals surface area (Å²) in [7, 11) is 0. The number of Topliss-reactive ketones (excluding diaryl/α,β-unsaturated/α-hetero) is 1. The summed E-state index contributed by atoms with van der Waals surface area (Å²) < 4.78 is 0. The Labute approximate surface area is 122 Å². The van der Waals surface area contributed by atoms with Gasteiger partial charge in [-0.3, -0.25) is 14.9 Å². The third kappa shape index (κ3) is 3.32. The van der Waals surface area contributed by atoms with E-state index in [4.69, 9.17) is 0 Å². The van der Waals surface area contributed by atoms with E-state index >= 15 is 0 Å². The first-order chi connectivity index (χ1) is 9.79. The zero-order valence-electron chi connectivity index (χ0n) is 11.7. The number of non-ortho nitro benzene ring substituents is 1. The number of carbonyl (C=O) groups excluding carboxylic acids is 1. The molecule has 0 fully saturated rings. The zero-order valence-corrected chi connectivity index (χ0v) is 11.7. The van der Waals surface area contributed by atoms with Crippen molar-refractivity contribution in [3.05, 3.63) is 64.2 Å². The summed E-state index contributed by atoms with van der Waals surface area (Å²) in [5, 5.41) is 20.3. The minimum Gasteiger partial charge on any atom is -0.382 e. The first kappa shape index (κ1) is 14.9. The van der Waals surface area contributed by atoms with Gasteiger partial charge in [-0.1, -0.05) is 24.3 Å². The second-order valence-corrected chi connectivity index (χ2v) is 5.27. The molecule has 2 aromatic rings. The minimum atomic E-state index is -1.41. The Morgan fingerprint density at radius 1 is 1.00 bits per heavy atom. The summed E-state index contributed by atoms with van der Waals surface area (Å²) in [5.41, 5.74) is 0.718. The smallest absolute Gasteiger partial charge is 0.269 e. The summed E-state index contributed by atoms with van der Waals surface area (Å²) in [4.78, 5) is 22.1. The highest BCUT2D eigenvalue weighted by Gasteiger charge is 2.24. The first-order valence-corrected chi connectivity index (χ1v) is 6.41. The van der Waals surface area contributed by atoms with Crippen molar-refractivity contribution in [3.63, 3.8) is 0 Å². The average molecular weight is 285 g/mol. The molecule has 0 bridgehead atoms. The Kier molecular flexibility index (Phi) is 3.86. The Hall–Kier alpha value is -2.53. The topological polar surface area (TPSA) is 80.4 Å². The molecule has 5 heteroatoms. The fraction of sp³-hybridized carbons (Fsp3) is 0.188. The number of nitrogens with zero attached hydrogens (tertiary/aromatic N) is 1. The molecule has 5 nitrogen and oxygen atoms in total. The van der Waals surface area contributed by atoms with Crippen molar-refractivity contribution in [1.29, 1.82) is 0 Å². The van der Waals surface area contributed by atoms with Gasteiger partial charge in [0.2, 0.25) is 0 Å². The SMILES string of the molecule is CC(C)(O)C(=O)c1ccc(-c2ccc([N+](=O)[O-])cc2)cc1. The molecule has 21 heavy (non-hydrogen) atoms. The van der Waals surface area contributed by atoms with Crippen LogP contribution in [0.25, 0.3) is 11.1 Å². The number of rotatable bonds is 4. The van der Waals surface area contributed by atoms with Gasteiger partial charge in [0.05, 0.1) is 4.92 Å². The minimum absolute atomic E-state index is 0.0348. The lowest BCUT2D eigenvalue weighted by Gasteiger charge is -2.15. The molecule has 0 atom stereocenters. The van der Waals surface area contributed by atoms with E-state index in [1.807, 2.05) is 0 Å². The van der Waals surface area contributed by atoms with Crippen LogP contribution in [0.15, 0.2) is 48.5 Å². The van der Waals surface area contributed by atoms with Crippen LogP contribution in [0.1, 0.15) is 24.2 Å². The van der Waals surface area contributed by atoms with Gasteiger partial charge < -0.3 is 5.11 Å². The van der Waals surface area contributed by atoms with Crippen LogP contribution in [-0.2, 0) is 0 Å². The average Bonchev–Trinajstić information content (AvgIpc) is 2.46.